The SMILES string of the molecule is Cc1cc(C(C)C)ccc1-c1cccc[n+]1C. The monoisotopic (exact) mass is 226 g/mol. The number of benzene rings is 1. The minimum atomic E-state index is 0.590. The highest BCUT2D eigenvalue weighted by molar-refractivity contribution is 5.61. The largest absolute Gasteiger partial charge is 0.212 e. The second-order valence-corrected chi connectivity index (χ2v) is 4.93. The molecule has 0 saturated carbocycles. The molecule has 0 unspecified atom stereocenters. The van der Waals surface area contributed by atoms with Gasteiger partial charge in [0.05, 0.1) is 0 Å². The fourth-order valence-electron chi connectivity index (χ4n) is 2.14. The van der Waals surface area contributed by atoms with Crippen molar-refractivity contribution in [1.29, 1.82) is 0 Å². The Bertz CT molecular complexity index is 527. The van der Waals surface area contributed by atoms with Crippen molar-refractivity contribution >= 4 is 0 Å². The van der Waals surface area contributed by atoms with Crippen LogP contribution in [0.3, 0.4) is 0 Å². The van der Waals surface area contributed by atoms with Crippen molar-refractivity contribution in [3.05, 3.63) is 53.7 Å². The third-order valence-corrected chi connectivity index (χ3v) is 3.25. The van der Waals surface area contributed by atoms with Gasteiger partial charge in [0, 0.05) is 17.7 Å². The zero-order chi connectivity index (χ0) is 12.4. The van der Waals surface area contributed by atoms with Crippen LogP contribution in [0.15, 0.2) is 42.6 Å². The summed E-state index contributed by atoms with van der Waals surface area (Å²) in [7, 11) is 2.09. The zero-order valence-electron chi connectivity index (χ0n) is 11.1. The minimum absolute atomic E-state index is 0.590. The first-order chi connectivity index (χ1) is 8.09. The molecule has 0 aliphatic rings. The van der Waals surface area contributed by atoms with E-state index in [0.717, 1.165) is 0 Å². The maximum Gasteiger partial charge on any atom is 0.212 e. The fourth-order valence-corrected chi connectivity index (χ4v) is 2.14. The molecule has 1 heterocycles. The molecule has 2 rings (SSSR count). The highest BCUT2D eigenvalue weighted by atomic mass is 14.9. The fraction of sp³-hybridized carbons (Fsp3) is 0.312. The Labute approximate surface area is 104 Å². The molecule has 0 radical (unpaired) electrons. The molecular weight excluding hydrogens is 206 g/mol. The summed E-state index contributed by atoms with van der Waals surface area (Å²) in [5.74, 6) is 0.590. The van der Waals surface area contributed by atoms with Gasteiger partial charge in [0.25, 0.3) is 0 Å². The van der Waals surface area contributed by atoms with Gasteiger partial charge in [0.15, 0.2) is 6.20 Å². The molecule has 88 valence electrons. The lowest BCUT2D eigenvalue weighted by Crippen LogP contribution is -2.30. The Hall–Kier alpha value is -1.63. The van der Waals surface area contributed by atoms with E-state index in [4.69, 9.17) is 0 Å². The predicted molar refractivity (Wildman–Crippen MR) is 71.9 cm³/mol. The Morgan fingerprint density at radius 1 is 1.06 bits per heavy atom. The second kappa shape index (κ2) is 4.70. The van der Waals surface area contributed by atoms with Gasteiger partial charge in [0.2, 0.25) is 5.69 Å². The Morgan fingerprint density at radius 3 is 2.41 bits per heavy atom. The van der Waals surface area contributed by atoms with E-state index in [2.05, 4.69) is 75.0 Å². The number of rotatable bonds is 2. The van der Waals surface area contributed by atoms with Crippen LogP contribution in [-0.2, 0) is 7.05 Å². The first-order valence-corrected chi connectivity index (χ1v) is 6.15. The summed E-state index contributed by atoms with van der Waals surface area (Å²) in [6, 6.07) is 13.1. The molecule has 17 heavy (non-hydrogen) atoms. The summed E-state index contributed by atoms with van der Waals surface area (Å²) in [6.07, 6.45) is 2.09. The molecule has 0 N–H and O–H groups in total. The molecule has 0 aliphatic carbocycles. The van der Waals surface area contributed by atoms with Crippen LogP contribution in [0.1, 0.15) is 30.9 Å². The third-order valence-electron chi connectivity index (χ3n) is 3.25. The highest BCUT2D eigenvalue weighted by Crippen LogP contribution is 2.24. The number of pyridine rings is 1. The van der Waals surface area contributed by atoms with Gasteiger partial charge in [0.1, 0.15) is 7.05 Å². The molecule has 0 amide bonds. The molecule has 1 heteroatoms. The van der Waals surface area contributed by atoms with Crippen LogP contribution in [0.2, 0.25) is 0 Å². The molecule has 2 aromatic rings. The average molecular weight is 226 g/mol. The van der Waals surface area contributed by atoms with Crippen LogP contribution in [0.4, 0.5) is 0 Å². The normalized spacial score (nSPS) is 10.9. The van der Waals surface area contributed by atoms with Gasteiger partial charge in [-0.25, -0.2) is 4.57 Å². The summed E-state index contributed by atoms with van der Waals surface area (Å²) in [5, 5.41) is 0. The van der Waals surface area contributed by atoms with Crippen molar-refractivity contribution < 1.29 is 4.57 Å². The van der Waals surface area contributed by atoms with E-state index in [9.17, 15) is 0 Å². The van der Waals surface area contributed by atoms with E-state index in [1.54, 1.807) is 0 Å². The van der Waals surface area contributed by atoms with Crippen LogP contribution in [0.25, 0.3) is 11.3 Å². The lowest BCUT2D eigenvalue weighted by Gasteiger charge is -2.09. The second-order valence-electron chi connectivity index (χ2n) is 4.93. The van der Waals surface area contributed by atoms with Gasteiger partial charge in [-0.2, -0.15) is 0 Å². The van der Waals surface area contributed by atoms with Crippen LogP contribution in [-0.4, -0.2) is 0 Å². The summed E-state index contributed by atoms with van der Waals surface area (Å²) in [4.78, 5) is 0. The van der Waals surface area contributed by atoms with Crippen LogP contribution >= 0.6 is 0 Å². The number of aromatic nitrogens is 1. The van der Waals surface area contributed by atoms with E-state index in [0.29, 0.717) is 5.92 Å². The van der Waals surface area contributed by atoms with Crippen LogP contribution in [0, 0.1) is 6.92 Å². The molecule has 0 aliphatic heterocycles. The summed E-state index contributed by atoms with van der Waals surface area (Å²) >= 11 is 0. The van der Waals surface area contributed by atoms with Crippen molar-refractivity contribution in [2.45, 2.75) is 26.7 Å². The molecule has 0 atom stereocenters. The van der Waals surface area contributed by atoms with Gasteiger partial charge in [-0.05, 0) is 36.1 Å². The van der Waals surface area contributed by atoms with Crippen LogP contribution in [0.5, 0.6) is 0 Å². The maximum atomic E-state index is 2.30. The standard InChI is InChI=1S/C16H20N/c1-12(2)14-8-9-15(13(3)11-14)16-7-5-6-10-17(16)4/h5-12H,1-4H3/q+1. The first kappa shape index (κ1) is 11.8. The lowest BCUT2D eigenvalue weighted by molar-refractivity contribution is -0.660. The van der Waals surface area contributed by atoms with Crippen molar-refractivity contribution in [3.63, 3.8) is 0 Å². The first-order valence-electron chi connectivity index (χ1n) is 6.15. The number of nitrogens with zero attached hydrogens (tertiary/aromatic N) is 1. The maximum absolute atomic E-state index is 2.30. The average Bonchev–Trinajstić information content (AvgIpc) is 2.30. The van der Waals surface area contributed by atoms with Crippen LogP contribution < -0.4 is 4.57 Å². The van der Waals surface area contributed by atoms with Crippen molar-refractivity contribution in [1.82, 2.24) is 0 Å². The number of hydrogen-bond donors (Lipinski definition) is 0. The molecular formula is C16H20N+. The van der Waals surface area contributed by atoms with E-state index < -0.39 is 0 Å². The Kier molecular flexibility index (Phi) is 3.28. The summed E-state index contributed by atoms with van der Waals surface area (Å²) in [6.45, 7) is 6.65. The van der Waals surface area contributed by atoms with Gasteiger partial charge in [-0.3, -0.25) is 0 Å². The molecule has 0 bridgehead atoms. The van der Waals surface area contributed by atoms with Gasteiger partial charge in [-0.1, -0.05) is 26.0 Å². The lowest BCUT2D eigenvalue weighted by atomic mass is 9.96. The molecule has 1 nitrogen and oxygen atoms in total. The van der Waals surface area contributed by atoms with Crippen molar-refractivity contribution in [2.24, 2.45) is 7.05 Å². The number of hydrogen-bond acceptors (Lipinski definition) is 0. The topological polar surface area (TPSA) is 3.88 Å². The molecule has 1 aromatic carbocycles. The van der Waals surface area contributed by atoms with Crippen molar-refractivity contribution in [3.8, 4) is 11.3 Å². The quantitative estimate of drug-likeness (QED) is 0.689. The summed E-state index contributed by atoms with van der Waals surface area (Å²) < 4.78 is 2.16. The molecule has 0 spiro atoms. The molecule has 0 saturated heterocycles. The van der Waals surface area contributed by atoms with E-state index in [1.807, 2.05) is 0 Å². The molecule has 0 fully saturated rings. The van der Waals surface area contributed by atoms with Crippen molar-refractivity contribution in [2.75, 3.05) is 0 Å². The van der Waals surface area contributed by atoms with E-state index in [-0.39, 0.29) is 0 Å². The highest BCUT2D eigenvalue weighted by Gasteiger charge is 2.11. The van der Waals surface area contributed by atoms with Gasteiger partial charge < -0.3 is 0 Å². The molecule has 1 aromatic heterocycles. The summed E-state index contributed by atoms with van der Waals surface area (Å²) in [5.41, 5.74) is 5.33. The Balaban J connectivity index is 2.51. The van der Waals surface area contributed by atoms with E-state index in [1.165, 1.54) is 22.4 Å². The smallest absolute Gasteiger partial charge is 0.201 e. The predicted octanol–water partition coefficient (Wildman–Crippen LogP) is 3.61. The number of aryl methyl sites for hydroxylation is 2. The Morgan fingerprint density at radius 2 is 1.82 bits per heavy atom. The van der Waals surface area contributed by atoms with Gasteiger partial charge in [-0.15, -0.1) is 0 Å². The minimum Gasteiger partial charge on any atom is -0.201 e. The zero-order valence-corrected chi connectivity index (χ0v) is 11.1. The van der Waals surface area contributed by atoms with Gasteiger partial charge >= 0.3 is 0 Å². The van der Waals surface area contributed by atoms with E-state index >= 15 is 0 Å². The third kappa shape index (κ3) is 2.38.